The van der Waals surface area contributed by atoms with Crippen LogP contribution in [0.15, 0.2) is 6.20 Å². The Bertz CT molecular complexity index is 1030. The number of aliphatic carboxylic acids is 1. The summed E-state index contributed by atoms with van der Waals surface area (Å²) >= 11 is 1.08. The minimum atomic E-state index is -1.15. The predicted octanol–water partition coefficient (Wildman–Crippen LogP) is 0.603. The molecule has 0 aromatic carbocycles. The van der Waals surface area contributed by atoms with Crippen molar-refractivity contribution in [3.63, 3.8) is 0 Å². The van der Waals surface area contributed by atoms with Crippen molar-refractivity contribution in [2.24, 2.45) is 11.1 Å². The van der Waals surface area contributed by atoms with Gasteiger partial charge in [0.2, 0.25) is 11.8 Å². The van der Waals surface area contributed by atoms with E-state index in [1.165, 1.54) is 0 Å². The Hall–Kier alpha value is -2.22. The molecule has 1 aromatic heterocycles. The van der Waals surface area contributed by atoms with Gasteiger partial charge in [-0.3, -0.25) is 19.3 Å². The van der Waals surface area contributed by atoms with E-state index in [1.54, 1.807) is 10.9 Å². The molecule has 16 nitrogen and oxygen atoms in total. The Labute approximate surface area is 281 Å². The van der Waals surface area contributed by atoms with E-state index < -0.39 is 17.3 Å². The highest BCUT2D eigenvalue weighted by molar-refractivity contribution is 8.00. The molecule has 47 heavy (non-hydrogen) atoms. The summed E-state index contributed by atoms with van der Waals surface area (Å²) in [5.41, 5.74) is 6.24. The number of aromatic nitrogens is 3. The minimum absolute atomic E-state index is 0.00214. The number of rotatable bonds is 29. The Morgan fingerprint density at radius 3 is 1.81 bits per heavy atom. The van der Waals surface area contributed by atoms with Crippen LogP contribution in [0.4, 0.5) is 0 Å². The average Bonchev–Trinajstić information content (AvgIpc) is 3.58. The molecule has 1 saturated heterocycles. The molecule has 0 radical (unpaired) electrons. The van der Waals surface area contributed by atoms with Crippen LogP contribution >= 0.6 is 11.8 Å². The predicted molar refractivity (Wildman–Crippen MR) is 172 cm³/mol. The van der Waals surface area contributed by atoms with E-state index in [2.05, 4.69) is 31.1 Å². The van der Waals surface area contributed by atoms with Crippen molar-refractivity contribution < 1.29 is 52.6 Å². The van der Waals surface area contributed by atoms with Crippen molar-refractivity contribution in [2.75, 3.05) is 98.2 Å². The molecule has 2 unspecified atom stereocenters. The van der Waals surface area contributed by atoms with E-state index in [-0.39, 0.29) is 35.9 Å². The van der Waals surface area contributed by atoms with Crippen LogP contribution in [0.5, 0.6) is 0 Å². The second-order valence-electron chi connectivity index (χ2n) is 11.9. The van der Waals surface area contributed by atoms with Gasteiger partial charge in [-0.05, 0) is 11.8 Å². The maximum atomic E-state index is 12.6. The van der Waals surface area contributed by atoms with Crippen molar-refractivity contribution in [1.82, 2.24) is 19.9 Å². The van der Waals surface area contributed by atoms with Crippen molar-refractivity contribution in [2.45, 2.75) is 58.0 Å². The van der Waals surface area contributed by atoms with Crippen molar-refractivity contribution >= 4 is 29.5 Å². The topological polar surface area (TPSA) is 196 Å². The fraction of sp³-hybridized carbons (Fsp3) is 0.833. The van der Waals surface area contributed by atoms with Crippen LogP contribution in [0, 0.1) is 5.41 Å². The zero-order valence-corrected chi connectivity index (χ0v) is 28.8. The number of amides is 2. The van der Waals surface area contributed by atoms with E-state index >= 15 is 0 Å². The highest BCUT2D eigenvalue weighted by atomic mass is 32.2. The SMILES string of the molecule is CC(C)(C)CCOCCOCCOCCOCCOCCOCCOCCn1cc(CN2C(=O)CC(SCC(N)C(=O)O)C2=O)nn1. The molecule has 17 heteroatoms. The lowest BCUT2D eigenvalue weighted by Crippen LogP contribution is -2.34. The quantitative estimate of drug-likeness (QED) is 0.0875. The summed E-state index contributed by atoms with van der Waals surface area (Å²) in [6.07, 6.45) is 2.68. The molecule has 1 fully saturated rings. The number of carbonyl (C=O) groups is 3. The van der Waals surface area contributed by atoms with Crippen molar-refractivity contribution in [1.29, 1.82) is 0 Å². The van der Waals surface area contributed by atoms with Crippen LogP contribution < -0.4 is 5.73 Å². The van der Waals surface area contributed by atoms with E-state index in [1.807, 2.05) is 0 Å². The maximum absolute atomic E-state index is 12.6. The third-order valence-corrected chi connectivity index (χ3v) is 7.92. The van der Waals surface area contributed by atoms with E-state index in [0.717, 1.165) is 29.7 Å². The molecule has 2 atom stereocenters. The lowest BCUT2D eigenvalue weighted by Gasteiger charge is -2.17. The Morgan fingerprint density at radius 2 is 1.34 bits per heavy atom. The van der Waals surface area contributed by atoms with Crippen molar-refractivity contribution in [3.05, 3.63) is 11.9 Å². The summed E-state index contributed by atoms with van der Waals surface area (Å²) < 4.78 is 40.1. The molecule has 0 aliphatic carbocycles. The van der Waals surface area contributed by atoms with Gasteiger partial charge >= 0.3 is 5.97 Å². The third kappa shape index (κ3) is 19.4. The molecule has 0 bridgehead atoms. The van der Waals surface area contributed by atoms with Crippen LogP contribution in [0.25, 0.3) is 0 Å². The zero-order valence-electron chi connectivity index (χ0n) is 28.0. The largest absolute Gasteiger partial charge is 0.480 e. The maximum Gasteiger partial charge on any atom is 0.321 e. The first-order valence-corrected chi connectivity index (χ1v) is 17.0. The number of thioether (sulfide) groups is 1. The number of imide groups is 1. The molecular formula is C30H53N5O11S. The van der Waals surface area contributed by atoms with E-state index in [4.69, 9.17) is 44.0 Å². The van der Waals surface area contributed by atoms with Gasteiger partial charge in [-0.25, -0.2) is 4.68 Å². The summed E-state index contributed by atoms with van der Waals surface area (Å²) in [7, 11) is 0. The lowest BCUT2D eigenvalue weighted by molar-refractivity contribution is -0.139. The molecule has 2 amide bonds. The first kappa shape index (κ1) is 41.0. The van der Waals surface area contributed by atoms with Gasteiger partial charge in [0.15, 0.2) is 0 Å². The number of carboxylic acid groups (broad SMARTS) is 1. The van der Waals surface area contributed by atoms with Gasteiger partial charge in [-0.2, -0.15) is 0 Å². The highest BCUT2D eigenvalue weighted by Crippen LogP contribution is 2.26. The van der Waals surface area contributed by atoms with Gasteiger partial charge in [0.05, 0.1) is 110 Å². The van der Waals surface area contributed by atoms with Crippen LogP contribution in [-0.4, -0.2) is 152 Å². The van der Waals surface area contributed by atoms with Gasteiger partial charge in [-0.15, -0.1) is 16.9 Å². The van der Waals surface area contributed by atoms with Crippen molar-refractivity contribution in [3.8, 4) is 0 Å². The molecule has 3 N–H and O–H groups in total. The molecule has 1 aromatic rings. The number of nitrogens with zero attached hydrogens (tertiary/aromatic N) is 4. The number of hydrogen-bond donors (Lipinski definition) is 2. The first-order valence-electron chi connectivity index (χ1n) is 15.9. The number of hydrogen-bond acceptors (Lipinski definition) is 14. The standard InChI is InChI=1S/C30H53N5O11S/c1-30(2,3)4-6-40-8-10-42-12-14-44-16-18-46-19-17-45-15-13-43-11-9-41-7-5-34-21-24(32-33-34)22-35-27(36)20-26(28(35)37)47-23-25(31)29(38)39/h21,25-26H,4-20,22-23,31H2,1-3H3,(H,38,39). The normalized spacial score (nSPS) is 16.0. The Balaban J connectivity index is 1.34. The van der Waals surface area contributed by atoms with Crippen LogP contribution in [-0.2, 0) is 60.6 Å². The summed E-state index contributed by atoms with van der Waals surface area (Å²) in [4.78, 5) is 36.9. The van der Waals surface area contributed by atoms with Gasteiger partial charge in [0, 0.05) is 18.8 Å². The van der Waals surface area contributed by atoms with E-state index in [9.17, 15) is 14.4 Å². The third-order valence-electron chi connectivity index (χ3n) is 6.60. The van der Waals surface area contributed by atoms with Gasteiger partial charge in [-0.1, -0.05) is 26.0 Å². The van der Waals surface area contributed by atoms with Crippen LogP contribution in [0.1, 0.15) is 39.3 Å². The molecule has 2 heterocycles. The smallest absolute Gasteiger partial charge is 0.321 e. The molecule has 2 rings (SSSR count). The monoisotopic (exact) mass is 691 g/mol. The highest BCUT2D eigenvalue weighted by Gasteiger charge is 2.39. The summed E-state index contributed by atoms with van der Waals surface area (Å²) in [5.74, 6) is -1.82. The fourth-order valence-electron chi connectivity index (χ4n) is 3.88. The summed E-state index contributed by atoms with van der Waals surface area (Å²) in [6, 6.07) is -1.09. The van der Waals surface area contributed by atoms with E-state index in [0.29, 0.717) is 98.1 Å². The van der Waals surface area contributed by atoms with Gasteiger partial charge in [0.25, 0.3) is 0 Å². The molecule has 1 aliphatic rings. The molecule has 0 spiro atoms. The fourth-order valence-corrected chi connectivity index (χ4v) is 4.99. The first-order chi connectivity index (χ1) is 22.6. The summed E-state index contributed by atoms with van der Waals surface area (Å²) in [5, 5.41) is 16.3. The molecule has 1 aliphatic heterocycles. The van der Waals surface area contributed by atoms with Gasteiger partial charge < -0.3 is 44.0 Å². The average molecular weight is 692 g/mol. The zero-order chi connectivity index (χ0) is 34.3. The number of carboxylic acids is 1. The Kier molecular flexibility index (Phi) is 20.9. The molecule has 270 valence electrons. The molecular weight excluding hydrogens is 638 g/mol. The second kappa shape index (κ2) is 24.0. The number of likely N-dealkylation sites (tertiary alicyclic amines) is 1. The lowest BCUT2D eigenvalue weighted by atomic mass is 9.93. The second-order valence-corrected chi connectivity index (χ2v) is 13.1. The summed E-state index contributed by atoms with van der Waals surface area (Å²) in [6.45, 7) is 14.1. The van der Waals surface area contributed by atoms with Gasteiger partial charge in [0.1, 0.15) is 11.7 Å². The Morgan fingerprint density at radius 1 is 0.872 bits per heavy atom. The number of carbonyl (C=O) groups excluding carboxylic acids is 2. The number of nitrogens with two attached hydrogens (primary N) is 1. The molecule has 0 saturated carbocycles. The number of ether oxygens (including phenoxy) is 7. The minimum Gasteiger partial charge on any atom is -0.480 e. The van der Waals surface area contributed by atoms with Crippen LogP contribution in [0.2, 0.25) is 0 Å². The van der Waals surface area contributed by atoms with Crippen LogP contribution in [0.3, 0.4) is 0 Å².